The molecule has 1 atom stereocenters. The molecule has 0 amide bonds. The molecule has 2 heteroatoms. The van der Waals surface area contributed by atoms with Gasteiger partial charge in [-0.05, 0) is 44.2 Å². The lowest BCUT2D eigenvalue weighted by atomic mass is 10.2. The molecule has 0 bridgehead atoms. The zero-order valence-electron chi connectivity index (χ0n) is 9.25. The second-order valence-corrected chi connectivity index (χ2v) is 4.86. The van der Waals surface area contributed by atoms with Crippen molar-refractivity contribution in [2.45, 2.75) is 45.6 Å². The van der Waals surface area contributed by atoms with Crippen molar-refractivity contribution in [1.82, 2.24) is 5.32 Å². The van der Waals surface area contributed by atoms with Gasteiger partial charge in [-0.15, -0.1) is 11.3 Å². The van der Waals surface area contributed by atoms with E-state index in [2.05, 4.69) is 36.7 Å². The predicted octanol–water partition coefficient (Wildman–Crippen LogP) is 3.46. The van der Waals surface area contributed by atoms with E-state index in [1.54, 1.807) is 0 Å². The predicted molar refractivity (Wildman–Crippen MR) is 65.0 cm³/mol. The maximum Gasteiger partial charge on any atom is 0.00457 e. The van der Waals surface area contributed by atoms with Gasteiger partial charge in [0.05, 0.1) is 0 Å². The summed E-state index contributed by atoms with van der Waals surface area (Å²) in [6, 6.07) is 5.04. The Hall–Kier alpha value is -0.340. The van der Waals surface area contributed by atoms with E-state index in [-0.39, 0.29) is 0 Å². The van der Waals surface area contributed by atoms with Gasteiger partial charge < -0.3 is 5.32 Å². The molecule has 0 aliphatic rings. The van der Waals surface area contributed by atoms with E-state index in [9.17, 15) is 0 Å². The smallest absolute Gasteiger partial charge is 0.00457 e. The van der Waals surface area contributed by atoms with Crippen LogP contribution in [0.2, 0.25) is 0 Å². The molecule has 80 valence electrons. The van der Waals surface area contributed by atoms with E-state index < -0.39 is 0 Å². The Balaban J connectivity index is 1.99. The highest BCUT2D eigenvalue weighted by Gasteiger charge is 1.98. The van der Waals surface area contributed by atoms with Crippen molar-refractivity contribution in [3.63, 3.8) is 0 Å². The lowest BCUT2D eigenvalue weighted by Gasteiger charge is -2.11. The molecule has 0 saturated heterocycles. The lowest BCUT2D eigenvalue weighted by Crippen LogP contribution is -2.26. The quantitative estimate of drug-likeness (QED) is 0.681. The molecule has 1 nitrogen and oxygen atoms in total. The number of thiophene rings is 1. The van der Waals surface area contributed by atoms with E-state index in [1.165, 1.54) is 30.6 Å². The maximum atomic E-state index is 3.55. The number of hydrogen-bond acceptors (Lipinski definition) is 2. The van der Waals surface area contributed by atoms with E-state index in [1.807, 2.05) is 11.3 Å². The molecule has 0 fully saturated rings. The highest BCUT2D eigenvalue weighted by atomic mass is 32.1. The fourth-order valence-corrected chi connectivity index (χ4v) is 2.35. The fraction of sp³-hybridized carbons (Fsp3) is 0.667. The molecule has 0 saturated carbocycles. The van der Waals surface area contributed by atoms with Gasteiger partial charge in [-0.3, -0.25) is 0 Å². The van der Waals surface area contributed by atoms with E-state index >= 15 is 0 Å². The summed E-state index contributed by atoms with van der Waals surface area (Å²) >= 11 is 1.86. The third-order valence-electron chi connectivity index (χ3n) is 2.39. The van der Waals surface area contributed by atoms with Crippen molar-refractivity contribution in [3.8, 4) is 0 Å². The van der Waals surface area contributed by atoms with Gasteiger partial charge in [0.25, 0.3) is 0 Å². The Labute approximate surface area is 91.5 Å². The standard InChI is InChI=1S/C12H21NS/c1-3-6-11(2)13-9-4-7-12-8-5-10-14-12/h5,8,10-11,13H,3-4,6-7,9H2,1-2H3. The fourth-order valence-electron chi connectivity index (χ4n) is 1.60. The van der Waals surface area contributed by atoms with Crippen molar-refractivity contribution in [2.75, 3.05) is 6.54 Å². The van der Waals surface area contributed by atoms with Crippen molar-refractivity contribution >= 4 is 11.3 Å². The average molecular weight is 211 g/mol. The minimum absolute atomic E-state index is 0.684. The van der Waals surface area contributed by atoms with Crippen LogP contribution in [0.1, 0.15) is 38.0 Å². The highest BCUT2D eigenvalue weighted by molar-refractivity contribution is 7.09. The van der Waals surface area contributed by atoms with E-state index in [4.69, 9.17) is 0 Å². The molecule has 1 aromatic heterocycles. The average Bonchev–Trinajstić information content (AvgIpc) is 2.65. The molecule has 0 radical (unpaired) electrons. The topological polar surface area (TPSA) is 12.0 Å². The first-order valence-electron chi connectivity index (χ1n) is 5.58. The summed E-state index contributed by atoms with van der Waals surface area (Å²) in [7, 11) is 0. The van der Waals surface area contributed by atoms with E-state index in [0.29, 0.717) is 6.04 Å². The highest BCUT2D eigenvalue weighted by Crippen LogP contribution is 2.10. The lowest BCUT2D eigenvalue weighted by molar-refractivity contribution is 0.502. The molecule has 0 spiro atoms. The number of hydrogen-bond donors (Lipinski definition) is 1. The molecule has 0 aliphatic carbocycles. The number of rotatable bonds is 7. The van der Waals surface area contributed by atoms with Gasteiger partial charge >= 0.3 is 0 Å². The van der Waals surface area contributed by atoms with Gasteiger partial charge in [-0.2, -0.15) is 0 Å². The van der Waals surface area contributed by atoms with Crippen LogP contribution in [0, 0.1) is 0 Å². The molecule has 1 unspecified atom stereocenters. The molecule has 1 aromatic rings. The summed E-state index contributed by atoms with van der Waals surface area (Å²) in [4.78, 5) is 1.51. The second-order valence-electron chi connectivity index (χ2n) is 3.83. The Morgan fingerprint density at radius 1 is 1.50 bits per heavy atom. The van der Waals surface area contributed by atoms with Crippen LogP contribution < -0.4 is 5.32 Å². The van der Waals surface area contributed by atoms with Gasteiger partial charge in [0.2, 0.25) is 0 Å². The van der Waals surface area contributed by atoms with Crippen LogP contribution in [0.15, 0.2) is 17.5 Å². The van der Waals surface area contributed by atoms with Gasteiger partial charge in [-0.25, -0.2) is 0 Å². The van der Waals surface area contributed by atoms with Crippen LogP contribution in [0.5, 0.6) is 0 Å². The number of aryl methyl sites for hydroxylation is 1. The Kier molecular flexibility index (Phi) is 5.88. The van der Waals surface area contributed by atoms with Crippen LogP contribution >= 0.6 is 11.3 Å². The summed E-state index contributed by atoms with van der Waals surface area (Å²) in [5, 5.41) is 5.71. The largest absolute Gasteiger partial charge is 0.314 e. The van der Waals surface area contributed by atoms with Gasteiger partial charge in [0.1, 0.15) is 0 Å². The van der Waals surface area contributed by atoms with Gasteiger partial charge in [-0.1, -0.05) is 19.4 Å². The summed E-state index contributed by atoms with van der Waals surface area (Å²) in [6.07, 6.45) is 5.05. The van der Waals surface area contributed by atoms with Gasteiger partial charge in [0.15, 0.2) is 0 Å². The molecule has 1 heterocycles. The van der Waals surface area contributed by atoms with Crippen LogP contribution in [0.3, 0.4) is 0 Å². The van der Waals surface area contributed by atoms with Crippen LogP contribution in [0.25, 0.3) is 0 Å². The minimum atomic E-state index is 0.684. The molecule has 0 aromatic carbocycles. The Morgan fingerprint density at radius 3 is 3.00 bits per heavy atom. The maximum absolute atomic E-state index is 3.55. The van der Waals surface area contributed by atoms with Crippen molar-refractivity contribution in [1.29, 1.82) is 0 Å². The molecular weight excluding hydrogens is 190 g/mol. The molecule has 1 N–H and O–H groups in total. The van der Waals surface area contributed by atoms with Crippen LogP contribution in [0.4, 0.5) is 0 Å². The molecule has 14 heavy (non-hydrogen) atoms. The summed E-state index contributed by atoms with van der Waals surface area (Å²) in [5.74, 6) is 0. The summed E-state index contributed by atoms with van der Waals surface area (Å²) in [5.41, 5.74) is 0. The SMILES string of the molecule is CCCC(C)NCCCc1cccs1. The third-order valence-corrected chi connectivity index (χ3v) is 3.33. The van der Waals surface area contributed by atoms with Crippen molar-refractivity contribution in [3.05, 3.63) is 22.4 Å². The molecular formula is C12H21NS. The first-order valence-corrected chi connectivity index (χ1v) is 6.46. The number of nitrogens with one attached hydrogen (secondary N) is 1. The zero-order valence-corrected chi connectivity index (χ0v) is 10.1. The van der Waals surface area contributed by atoms with Crippen LogP contribution in [-0.4, -0.2) is 12.6 Å². The first-order chi connectivity index (χ1) is 6.83. The monoisotopic (exact) mass is 211 g/mol. The van der Waals surface area contributed by atoms with Gasteiger partial charge in [0, 0.05) is 10.9 Å². The van der Waals surface area contributed by atoms with Crippen LogP contribution in [-0.2, 0) is 6.42 Å². The summed E-state index contributed by atoms with van der Waals surface area (Å²) in [6.45, 7) is 5.66. The second kappa shape index (κ2) is 7.02. The Bertz CT molecular complexity index is 218. The van der Waals surface area contributed by atoms with E-state index in [0.717, 1.165) is 6.54 Å². The minimum Gasteiger partial charge on any atom is -0.314 e. The Morgan fingerprint density at radius 2 is 2.36 bits per heavy atom. The third kappa shape index (κ3) is 4.77. The van der Waals surface area contributed by atoms with Crippen molar-refractivity contribution < 1.29 is 0 Å². The molecule has 1 rings (SSSR count). The zero-order chi connectivity index (χ0) is 10.2. The normalized spacial score (nSPS) is 13.0. The molecule has 0 aliphatic heterocycles. The first kappa shape index (κ1) is 11.7. The van der Waals surface area contributed by atoms with Crippen molar-refractivity contribution in [2.24, 2.45) is 0 Å². The summed E-state index contributed by atoms with van der Waals surface area (Å²) < 4.78 is 0.